The zero-order valence-corrected chi connectivity index (χ0v) is 10.4. The molecule has 1 heterocycles. The molecule has 0 radical (unpaired) electrons. The number of rotatable bonds is 1. The van der Waals surface area contributed by atoms with Gasteiger partial charge in [0, 0.05) is 18.7 Å². The van der Waals surface area contributed by atoms with Gasteiger partial charge in [-0.2, -0.15) is 0 Å². The Labute approximate surface area is 111 Å². The van der Waals surface area contributed by atoms with Crippen molar-refractivity contribution in [3.63, 3.8) is 0 Å². The lowest BCUT2D eigenvalue weighted by atomic mass is 10.1. The first-order valence-electron chi connectivity index (χ1n) is 6.07. The highest BCUT2D eigenvalue weighted by Crippen LogP contribution is 2.17. The summed E-state index contributed by atoms with van der Waals surface area (Å²) in [5, 5.41) is 9.45. The molecular weight excluding hydrogens is 247 g/mol. The summed E-state index contributed by atoms with van der Waals surface area (Å²) in [4.78, 5) is 13.8. The van der Waals surface area contributed by atoms with E-state index in [1.807, 2.05) is 0 Å². The van der Waals surface area contributed by atoms with Crippen LogP contribution in [-0.2, 0) is 0 Å². The number of hydrogen-bond acceptors (Lipinski definition) is 3. The first kappa shape index (κ1) is 13.5. The van der Waals surface area contributed by atoms with E-state index in [0.29, 0.717) is 30.6 Å². The summed E-state index contributed by atoms with van der Waals surface area (Å²) in [7, 11) is 0. The third-order valence-electron chi connectivity index (χ3n) is 2.99. The van der Waals surface area contributed by atoms with Crippen molar-refractivity contribution in [2.75, 3.05) is 19.6 Å². The molecule has 1 atom stereocenters. The van der Waals surface area contributed by atoms with Crippen molar-refractivity contribution in [3.05, 3.63) is 35.1 Å². The first-order valence-corrected chi connectivity index (χ1v) is 6.07. The van der Waals surface area contributed by atoms with E-state index < -0.39 is 11.9 Å². The van der Waals surface area contributed by atoms with E-state index in [1.165, 1.54) is 18.2 Å². The number of hydrogen-bond donors (Lipinski definition) is 2. The molecule has 1 saturated heterocycles. The lowest BCUT2D eigenvalue weighted by molar-refractivity contribution is 0.0764. The molecule has 1 aliphatic heterocycles. The lowest BCUT2D eigenvalue weighted by Gasteiger charge is -2.16. The molecule has 5 heteroatoms. The van der Waals surface area contributed by atoms with Crippen LogP contribution in [0.5, 0.6) is 0 Å². The van der Waals surface area contributed by atoms with Gasteiger partial charge >= 0.3 is 0 Å². The summed E-state index contributed by atoms with van der Waals surface area (Å²) >= 11 is 0. The molecule has 1 aromatic rings. The predicted molar refractivity (Wildman–Crippen MR) is 68.9 cm³/mol. The third-order valence-corrected chi connectivity index (χ3v) is 2.99. The maximum absolute atomic E-state index is 13.2. The number of halogens is 1. The van der Waals surface area contributed by atoms with Gasteiger partial charge in [0.1, 0.15) is 5.82 Å². The van der Waals surface area contributed by atoms with Gasteiger partial charge in [0.2, 0.25) is 0 Å². The second-order valence-corrected chi connectivity index (χ2v) is 4.39. The highest BCUT2D eigenvalue weighted by atomic mass is 19.1. The molecule has 1 unspecified atom stereocenters. The standard InChI is InChI=1S/C14H15FN2O2/c15-11-3-4-13(10(8-11)2-1-6-16)14(19)17-7-5-12(18)9-17/h3-4,8,12,18H,5-7,9,16H2. The summed E-state index contributed by atoms with van der Waals surface area (Å²) in [6, 6.07) is 3.87. The fraction of sp³-hybridized carbons (Fsp3) is 0.357. The van der Waals surface area contributed by atoms with Crippen LogP contribution in [-0.4, -0.2) is 41.7 Å². The van der Waals surface area contributed by atoms with Gasteiger partial charge in [-0.15, -0.1) is 0 Å². The zero-order chi connectivity index (χ0) is 13.8. The summed E-state index contributed by atoms with van der Waals surface area (Å²) in [6.07, 6.45) is 0.0829. The highest BCUT2D eigenvalue weighted by molar-refractivity contribution is 5.97. The largest absolute Gasteiger partial charge is 0.391 e. The highest BCUT2D eigenvalue weighted by Gasteiger charge is 2.26. The van der Waals surface area contributed by atoms with E-state index >= 15 is 0 Å². The van der Waals surface area contributed by atoms with Crippen molar-refractivity contribution in [1.82, 2.24) is 4.90 Å². The minimum absolute atomic E-state index is 0.145. The summed E-state index contributed by atoms with van der Waals surface area (Å²) in [5.74, 6) is 4.64. The van der Waals surface area contributed by atoms with Crippen molar-refractivity contribution in [3.8, 4) is 11.8 Å². The molecule has 4 nitrogen and oxygen atoms in total. The van der Waals surface area contributed by atoms with Crippen LogP contribution < -0.4 is 5.73 Å². The fourth-order valence-corrected chi connectivity index (χ4v) is 2.05. The molecule has 0 spiro atoms. The average molecular weight is 262 g/mol. The predicted octanol–water partition coefficient (Wildman–Crippen LogP) is 0.343. The van der Waals surface area contributed by atoms with E-state index in [0.717, 1.165) is 0 Å². The quantitative estimate of drug-likeness (QED) is 0.717. The average Bonchev–Trinajstić information content (AvgIpc) is 2.82. The van der Waals surface area contributed by atoms with Crippen LogP contribution in [0.25, 0.3) is 0 Å². The zero-order valence-electron chi connectivity index (χ0n) is 10.4. The van der Waals surface area contributed by atoms with E-state index in [4.69, 9.17) is 5.73 Å². The lowest BCUT2D eigenvalue weighted by Crippen LogP contribution is -2.30. The van der Waals surface area contributed by atoms with Crippen molar-refractivity contribution in [2.45, 2.75) is 12.5 Å². The number of nitrogens with zero attached hydrogens (tertiary/aromatic N) is 1. The van der Waals surface area contributed by atoms with Gasteiger partial charge in [0.25, 0.3) is 5.91 Å². The van der Waals surface area contributed by atoms with Crippen LogP contribution in [0, 0.1) is 17.7 Å². The minimum Gasteiger partial charge on any atom is -0.391 e. The molecule has 1 aromatic carbocycles. The maximum atomic E-state index is 13.2. The normalized spacial score (nSPS) is 18.1. The molecular formula is C14H15FN2O2. The number of aliphatic hydroxyl groups excluding tert-OH is 1. The van der Waals surface area contributed by atoms with Gasteiger partial charge in [-0.25, -0.2) is 4.39 Å². The molecule has 1 aliphatic rings. The van der Waals surface area contributed by atoms with Gasteiger partial charge in [0.05, 0.1) is 18.2 Å². The van der Waals surface area contributed by atoms with Gasteiger partial charge in [-0.3, -0.25) is 4.79 Å². The van der Waals surface area contributed by atoms with E-state index in [9.17, 15) is 14.3 Å². The number of aliphatic hydroxyl groups is 1. The fourth-order valence-electron chi connectivity index (χ4n) is 2.05. The third kappa shape index (κ3) is 3.11. The summed E-state index contributed by atoms with van der Waals surface area (Å²) in [5.41, 5.74) is 5.96. The Morgan fingerprint density at radius 3 is 3.00 bits per heavy atom. The Morgan fingerprint density at radius 2 is 2.37 bits per heavy atom. The number of carbonyl (C=O) groups is 1. The van der Waals surface area contributed by atoms with Crippen LogP contribution in [0.2, 0.25) is 0 Å². The SMILES string of the molecule is NCC#Cc1cc(F)ccc1C(=O)N1CCC(O)C1. The monoisotopic (exact) mass is 262 g/mol. The first-order chi connectivity index (χ1) is 9.11. The van der Waals surface area contributed by atoms with Crippen LogP contribution in [0.15, 0.2) is 18.2 Å². The summed E-state index contributed by atoms with van der Waals surface area (Å²) < 4.78 is 13.2. The van der Waals surface area contributed by atoms with Gasteiger partial charge in [-0.05, 0) is 24.6 Å². The Bertz CT molecular complexity index is 548. The molecule has 0 saturated carbocycles. The number of benzene rings is 1. The molecule has 0 aliphatic carbocycles. The molecule has 19 heavy (non-hydrogen) atoms. The molecule has 0 bridgehead atoms. The van der Waals surface area contributed by atoms with E-state index in [1.54, 1.807) is 4.90 Å². The van der Waals surface area contributed by atoms with Crippen molar-refractivity contribution >= 4 is 5.91 Å². The number of β-amino-alcohol motifs (C(OH)–C–C–N with tert-alkyl or cyclic N) is 1. The molecule has 3 N–H and O–H groups in total. The number of amides is 1. The van der Waals surface area contributed by atoms with Crippen molar-refractivity contribution in [1.29, 1.82) is 0 Å². The van der Waals surface area contributed by atoms with Crippen molar-refractivity contribution < 1.29 is 14.3 Å². The smallest absolute Gasteiger partial charge is 0.255 e. The minimum atomic E-state index is -0.483. The van der Waals surface area contributed by atoms with Gasteiger partial charge in [0.15, 0.2) is 0 Å². The molecule has 1 fully saturated rings. The Balaban J connectivity index is 2.30. The van der Waals surface area contributed by atoms with Gasteiger partial charge in [-0.1, -0.05) is 11.8 Å². The molecule has 1 amide bonds. The Kier molecular flexibility index (Phi) is 4.15. The second-order valence-electron chi connectivity index (χ2n) is 4.39. The van der Waals surface area contributed by atoms with Crippen molar-refractivity contribution in [2.24, 2.45) is 5.73 Å². The van der Waals surface area contributed by atoms with Gasteiger partial charge < -0.3 is 15.7 Å². The van der Waals surface area contributed by atoms with Crippen LogP contribution in [0.4, 0.5) is 4.39 Å². The van der Waals surface area contributed by atoms with E-state index in [2.05, 4.69) is 11.8 Å². The van der Waals surface area contributed by atoms with Crippen LogP contribution >= 0.6 is 0 Å². The number of nitrogens with two attached hydrogens (primary N) is 1. The maximum Gasteiger partial charge on any atom is 0.255 e. The Hall–Kier alpha value is -1.90. The Morgan fingerprint density at radius 1 is 1.58 bits per heavy atom. The van der Waals surface area contributed by atoms with E-state index in [-0.39, 0.29) is 12.5 Å². The summed E-state index contributed by atoms with van der Waals surface area (Å²) in [6.45, 7) is 0.952. The molecule has 0 aromatic heterocycles. The number of likely N-dealkylation sites (tertiary alicyclic amines) is 1. The molecule has 2 rings (SSSR count). The second kappa shape index (κ2) is 5.83. The molecule has 100 valence electrons. The topological polar surface area (TPSA) is 66.6 Å². The van der Waals surface area contributed by atoms with Crippen LogP contribution in [0.1, 0.15) is 22.3 Å². The number of carbonyl (C=O) groups excluding carboxylic acids is 1. The van der Waals surface area contributed by atoms with Crippen LogP contribution in [0.3, 0.4) is 0 Å².